The van der Waals surface area contributed by atoms with Gasteiger partial charge in [-0.3, -0.25) is 0 Å². The molecule has 0 aromatic heterocycles. The van der Waals surface area contributed by atoms with E-state index in [1.165, 1.54) is 6.07 Å². The predicted octanol–water partition coefficient (Wildman–Crippen LogP) is 3.67. The maximum Gasteiger partial charge on any atom is 0.142 e. The fourth-order valence-corrected chi connectivity index (χ4v) is 2.81. The third-order valence-corrected chi connectivity index (χ3v) is 3.56. The molecule has 1 aliphatic heterocycles. The predicted molar refractivity (Wildman–Crippen MR) is 59.1 cm³/mol. The van der Waals surface area contributed by atoms with Gasteiger partial charge in [-0.15, -0.1) is 0 Å². The number of hydrogen-bond acceptors (Lipinski definition) is 1. The van der Waals surface area contributed by atoms with Gasteiger partial charge in [0.1, 0.15) is 5.82 Å². The molecule has 1 aromatic carbocycles. The van der Waals surface area contributed by atoms with Crippen LogP contribution in [0.2, 0.25) is 5.02 Å². The van der Waals surface area contributed by atoms with Crippen molar-refractivity contribution in [2.24, 2.45) is 0 Å². The zero-order valence-electron chi connectivity index (χ0n) is 7.49. The molecule has 76 valence electrons. The van der Waals surface area contributed by atoms with Gasteiger partial charge in [-0.2, -0.15) is 0 Å². The van der Waals surface area contributed by atoms with Crippen LogP contribution in [-0.4, -0.2) is 6.54 Å². The minimum Gasteiger partial charge on any atom is -0.310 e. The quantitative estimate of drug-likeness (QED) is 0.773. The van der Waals surface area contributed by atoms with Crippen molar-refractivity contribution in [3.05, 3.63) is 33.0 Å². The Morgan fingerprint density at radius 2 is 2.29 bits per heavy atom. The second-order valence-corrected chi connectivity index (χ2v) is 4.64. The topological polar surface area (TPSA) is 12.0 Å². The van der Waals surface area contributed by atoms with Gasteiger partial charge in [0.25, 0.3) is 0 Å². The maximum absolute atomic E-state index is 13.2. The fraction of sp³-hybridized carbons (Fsp3) is 0.400. The Morgan fingerprint density at radius 1 is 1.50 bits per heavy atom. The van der Waals surface area contributed by atoms with E-state index in [2.05, 4.69) is 21.2 Å². The molecule has 0 saturated carbocycles. The van der Waals surface area contributed by atoms with Gasteiger partial charge in [0, 0.05) is 16.1 Å². The summed E-state index contributed by atoms with van der Waals surface area (Å²) in [6.45, 7) is 0.976. The summed E-state index contributed by atoms with van der Waals surface area (Å²) in [6.07, 6.45) is 2.13. The molecule has 1 heterocycles. The number of rotatable bonds is 1. The van der Waals surface area contributed by atoms with Crippen molar-refractivity contribution >= 4 is 27.5 Å². The summed E-state index contributed by atoms with van der Waals surface area (Å²) in [6, 6.07) is 3.27. The summed E-state index contributed by atoms with van der Waals surface area (Å²) in [5, 5.41) is 3.54. The van der Waals surface area contributed by atoms with E-state index < -0.39 is 0 Å². The molecule has 0 aliphatic carbocycles. The minimum atomic E-state index is -0.349. The summed E-state index contributed by atoms with van der Waals surface area (Å²) < 4.78 is 14.1. The molecule has 1 N–H and O–H groups in total. The molecule has 1 saturated heterocycles. The first kappa shape index (κ1) is 10.4. The Hall–Kier alpha value is -0.120. The smallest absolute Gasteiger partial charge is 0.142 e. The molecule has 0 radical (unpaired) electrons. The number of benzene rings is 1. The van der Waals surface area contributed by atoms with Crippen LogP contribution in [-0.2, 0) is 0 Å². The Labute approximate surface area is 95.8 Å². The van der Waals surface area contributed by atoms with E-state index in [9.17, 15) is 4.39 Å². The van der Waals surface area contributed by atoms with Gasteiger partial charge in [0.05, 0.1) is 5.02 Å². The molecule has 0 spiro atoms. The highest BCUT2D eigenvalue weighted by Crippen LogP contribution is 2.36. The molecule has 0 unspecified atom stereocenters. The summed E-state index contributed by atoms with van der Waals surface area (Å²) in [5.74, 6) is -0.349. The third-order valence-electron chi connectivity index (χ3n) is 2.49. The molecular formula is C10H10BrClFN. The number of nitrogens with one attached hydrogen (secondary N) is 1. The normalized spacial score (nSPS) is 21.5. The molecule has 0 bridgehead atoms. The van der Waals surface area contributed by atoms with E-state index >= 15 is 0 Å². The summed E-state index contributed by atoms with van der Waals surface area (Å²) >= 11 is 9.33. The van der Waals surface area contributed by atoms with Gasteiger partial charge < -0.3 is 5.32 Å². The molecule has 1 atom stereocenters. The third kappa shape index (κ3) is 1.81. The first-order valence-electron chi connectivity index (χ1n) is 4.57. The van der Waals surface area contributed by atoms with E-state index in [0.717, 1.165) is 29.4 Å². The van der Waals surface area contributed by atoms with Crippen LogP contribution in [0.1, 0.15) is 24.4 Å². The fourth-order valence-electron chi connectivity index (χ4n) is 1.79. The van der Waals surface area contributed by atoms with Gasteiger partial charge in [-0.05, 0) is 31.5 Å². The van der Waals surface area contributed by atoms with Crippen LogP contribution in [0, 0.1) is 5.82 Å². The second-order valence-electron chi connectivity index (χ2n) is 3.41. The maximum atomic E-state index is 13.2. The van der Waals surface area contributed by atoms with Crippen molar-refractivity contribution in [2.75, 3.05) is 6.54 Å². The molecule has 14 heavy (non-hydrogen) atoms. The summed E-state index contributed by atoms with van der Waals surface area (Å²) in [5.41, 5.74) is 0.851. The Kier molecular flexibility index (Phi) is 3.10. The monoisotopic (exact) mass is 277 g/mol. The zero-order valence-corrected chi connectivity index (χ0v) is 9.83. The minimum absolute atomic E-state index is 0.188. The highest BCUT2D eigenvalue weighted by Gasteiger charge is 2.22. The Morgan fingerprint density at radius 3 is 2.93 bits per heavy atom. The van der Waals surface area contributed by atoms with E-state index in [4.69, 9.17) is 11.6 Å². The van der Waals surface area contributed by atoms with Crippen molar-refractivity contribution in [1.29, 1.82) is 0 Å². The average molecular weight is 279 g/mol. The van der Waals surface area contributed by atoms with Crippen LogP contribution >= 0.6 is 27.5 Å². The summed E-state index contributed by atoms with van der Waals surface area (Å²) in [4.78, 5) is 0. The molecule has 1 fully saturated rings. The SMILES string of the molecule is Fc1ccc(Br)c([C@@H]2CCCN2)c1Cl. The number of hydrogen-bond donors (Lipinski definition) is 1. The standard InChI is InChI=1S/C10H10BrClFN/c11-6-3-4-7(13)10(12)9(6)8-2-1-5-14-8/h3-4,8,14H,1-2,5H2/t8-/m0/s1. The summed E-state index contributed by atoms with van der Waals surface area (Å²) in [7, 11) is 0. The van der Waals surface area contributed by atoms with Gasteiger partial charge >= 0.3 is 0 Å². The molecule has 0 amide bonds. The van der Waals surface area contributed by atoms with Gasteiger partial charge in [-0.25, -0.2) is 4.39 Å². The molecule has 4 heteroatoms. The molecule has 1 aliphatic rings. The van der Waals surface area contributed by atoms with Gasteiger partial charge in [-0.1, -0.05) is 27.5 Å². The van der Waals surface area contributed by atoms with Crippen molar-refractivity contribution in [2.45, 2.75) is 18.9 Å². The first-order valence-corrected chi connectivity index (χ1v) is 5.74. The van der Waals surface area contributed by atoms with Gasteiger partial charge in [0.15, 0.2) is 0 Å². The average Bonchev–Trinajstić information content (AvgIpc) is 2.65. The number of halogens is 3. The van der Waals surface area contributed by atoms with E-state index in [-0.39, 0.29) is 16.9 Å². The lowest BCUT2D eigenvalue weighted by Crippen LogP contribution is -2.14. The zero-order chi connectivity index (χ0) is 10.1. The molecule has 1 nitrogen and oxygen atoms in total. The highest BCUT2D eigenvalue weighted by molar-refractivity contribution is 9.10. The lowest BCUT2D eigenvalue weighted by molar-refractivity contribution is 0.605. The van der Waals surface area contributed by atoms with Crippen molar-refractivity contribution in [3.63, 3.8) is 0 Å². The molecule has 1 aromatic rings. The molecular weight excluding hydrogens is 268 g/mol. The van der Waals surface area contributed by atoms with E-state index in [1.54, 1.807) is 6.07 Å². The van der Waals surface area contributed by atoms with Crippen molar-refractivity contribution in [1.82, 2.24) is 5.32 Å². The van der Waals surface area contributed by atoms with Crippen LogP contribution in [0.25, 0.3) is 0 Å². The largest absolute Gasteiger partial charge is 0.310 e. The van der Waals surface area contributed by atoms with E-state index in [0.29, 0.717) is 0 Å². The molecule has 2 rings (SSSR count). The van der Waals surface area contributed by atoms with E-state index in [1.807, 2.05) is 0 Å². The van der Waals surface area contributed by atoms with Crippen LogP contribution in [0.4, 0.5) is 4.39 Å². The Bertz CT molecular complexity index is 350. The van der Waals surface area contributed by atoms with Crippen LogP contribution < -0.4 is 5.32 Å². The van der Waals surface area contributed by atoms with Crippen molar-refractivity contribution in [3.8, 4) is 0 Å². The van der Waals surface area contributed by atoms with Crippen LogP contribution in [0.3, 0.4) is 0 Å². The lowest BCUT2D eigenvalue weighted by Gasteiger charge is -2.14. The lowest BCUT2D eigenvalue weighted by atomic mass is 10.1. The first-order chi connectivity index (χ1) is 6.70. The van der Waals surface area contributed by atoms with Crippen molar-refractivity contribution < 1.29 is 4.39 Å². The Balaban J connectivity index is 2.44. The van der Waals surface area contributed by atoms with Gasteiger partial charge in [0.2, 0.25) is 0 Å². The van der Waals surface area contributed by atoms with Crippen LogP contribution in [0.5, 0.6) is 0 Å². The second kappa shape index (κ2) is 4.17. The van der Waals surface area contributed by atoms with Crippen LogP contribution in [0.15, 0.2) is 16.6 Å². The highest BCUT2D eigenvalue weighted by atomic mass is 79.9.